The Morgan fingerprint density at radius 3 is 2.75 bits per heavy atom. The summed E-state index contributed by atoms with van der Waals surface area (Å²) in [6.45, 7) is 1.65. The Bertz CT molecular complexity index is 914. The van der Waals surface area contributed by atoms with Gasteiger partial charge in [-0.2, -0.15) is 0 Å². The molecule has 144 valence electrons. The number of fused-ring (bicyclic) bond motifs is 4. The average molecular weight is 378 g/mol. The number of nitrogens with one attached hydrogen (secondary N) is 2. The lowest BCUT2D eigenvalue weighted by molar-refractivity contribution is 0.0912. The first kappa shape index (κ1) is 17.0. The molecule has 2 fully saturated rings. The zero-order valence-corrected chi connectivity index (χ0v) is 15.5. The van der Waals surface area contributed by atoms with Crippen molar-refractivity contribution in [3.05, 3.63) is 42.2 Å². The highest BCUT2D eigenvalue weighted by Crippen LogP contribution is 2.39. The van der Waals surface area contributed by atoms with Gasteiger partial charge in [-0.15, -0.1) is 0 Å². The fourth-order valence-electron chi connectivity index (χ4n) is 4.02. The molecule has 5 rings (SSSR count). The molecule has 3 aliphatic rings. The summed E-state index contributed by atoms with van der Waals surface area (Å²) < 4.78 is 0. The normalized spacial score (nSPS) is 20.4. The topological polar surface area (TPSA) is 90.5 Å². The summed E-state index contributed by atoms with van der Waals surface area (Å²) in [5.41, 5.74) is 1.24. The van der Waals surface area contributed by atoms with Crippen LogP contribution in [0.4, 0.5) is 22.1 Å². The largest absolute Gasteiger partial charge is 0.366 e. The van der Waals surface area contributed by atoms with E-state index >= 15 is 0 Å². The molecule has 0 radical (unpaired) electrons. The minimum atomic E-state index is -0.268. The van der Waals surface area contributed by atoms with Crippen molar-refractivity contribution in [2.45, 2.75) is 37.8 Å². The van der Waals surface area contributed by atoms with E-state index in [9.17, 15) is 9.59 Å². The fourth-order valence-corrected chi connectivity index (χ4v) is 4.02. The number of carbonyl (C=O) groups is 2. The lowest BCUT2D eigenvalue weighted by atomic mass is 9.93. The van der Waals surface area contributed by atoms with Gasteiger partial charge in [-0.3, -0.25) is 15.0 Å². The van der Waals surface area contributed by atoms with Crippen LogP contribution in [0.3, 0.4) is 0 Å². The van der Waals surface area contributed by atoms with Gasteiger partial charge in [0.25, 0.3) is 5.91 Å². The van der Waals surface area contributed by atoms with Crippen LogP contribution < -0.4 is 20.4 Å². The number of hydrogen-bond donors (Lipinski definition) is 2. The van der Waals surface area contributed by atoms with Gasteiger partial charge in [0.05, 0.1) is 11.7 Å². The van der Waals surface area contributed by atoms with Gasteiger partial charge in [0, 0.05) is 25.3 Å². The van der Waals surface area contributed by atoms with Crippen LogP contribution in [0.1, 0.15) is 36.2 Å². The van der Waals surface area contributed by atoms with Crippen LogP contribution >= 0.6 is 0 Å². The van der Waals surface area contributed by atoms with E-state index in [0.717, 1.165) is 44.5 Å². The lowest BCUT2D eigenvalue weighted by Crippen LogP contribution is -2.48. The number of pyridine rings is 2. The highest BCUT2D eigenvalue weighted by Gasteiger charge is 2.40. The Morgan fingerprint density at radius 1 is 1.11 bits per heavy atom. The molecule has 1 saturated heterocycles. The number of amides is 3. The maximum absolute atomic E-state index is 13.0. The summed E-state index contributed by atoms with van der Waals surface area (Å²) in [6, 6.07) is 9.04. The van der Waals surface area contributed by atoms with Gasteiger partial charge >= 0.3 is 6.03 Å². The highest BCUT2D eigenvalue weighted by molar-refractivity contribution is 6.05. The van der Waals surface area contributed by atoms with Crippen LogP contribution in [0.15, 0.2) is 36.5 Å². The molecule has 0 unspecified atom stereocenters. The molecule has 2 aliphatic heterocycles. The molecule has 28 heavy (non-hydrogen) atoms. The van der Waals surface area contributed by atoms with Gasteiger partial charge in [0.2, 0.25) is 0 Å². The quantitative estimate of drug-likeness (QED) is 0.856. The van der Waals surface area contributed by atoms with E-state index in [1.54, 1.807) is 29.3 Å². The zero-order chi connectivity index (χ0) is 19.1. The molecule has 3 amide bonds. The second-order valence-electron chi connectivity index (χ2n) is 7.54. The summed E-state index contributed by atoms with van der Waals surface area (Å²) in [7, 11) is 0. The van der Waals surface area contributed by atoms with Crippen molar-refractivity contribution in [2.75, 3.05) is 28.2 Å². The van der Waals surface area contributed by atoms with Crippen molar-refractivity contribution in [1.82, 2.24) is 15.3 Å². The minimum absolute atomic E-state index is 0.0358. The number of nitrogens with zero attached hydrogens (tertiary/aromatic N) is 4. The van der Waals surface area contributed by atoms with E-state index in [4.69, 9.17) is 0 Å². The van der Waals surface area contributed by atoms with Crippen LogP contribution in [-0.2, 0) is 0 Å². The van der Waals surface area contributed by atoms with Crippen molar-refractivity contribution in [2.24, 2.45) is 0 Å². The SMILES string of the molecule is O=C(NC1CCC1)c1ccc2c(n1)N(C(=O)Nc1ccccn1)[C@H]1CCN2C1. The summed E-state index contributed by atoms with van der Waals surface area (Å²) in [5, 5.41) is 5.87. The smallest absolute Gasteiger partial charge is 0.329 e. The monoisotopic (exact) mass is 378 g/mol. The number of carbonyl (C=O) groups excluding carboxylic acids is 2. The molecular weight excluding hydrogens is 356 g/mol. The summed E-state index contributed by atoms with van der Waals surface area (Å²) >= 11 is 0. The van der Waals surface area contributed by atoms with E-state index in [-0.39, 0.29) is 24.0 Å². The molecular formula is C20H22N6O2. The molecule has 0 aromatic carbocycles. The van der Waals surface area contributed by atoms with Crippen molar-refractivity contribution < 1.29 is 9.59 Å². The number of urea groups is 1. The van der Waals surface area contributed by atoms with Crippen molar-refractivity contribution in [3.63, 3.8) is 0 Å². The zero-order valence-electron chi connectivity index (χ0n) is 15.5. The van der Waals surface area contributed by atoms with E-state index < -0.39 is 0 Å². The first-order valence-electron chi connectivity index (χ1n) is 9.77. The van der Waals surface area contributed by atoms with Gasteiger partial charge in [-0.25, -0.2) is 14.8 Å². The molecule has 8 heteroatoms. The third kappa shape index (κ3) is 2.94. The molecule has 2 aromatic rings. The minimum Gasteiger partial charge on any atom is -0.366 e. The molecule has 1 aliphatic carbocycles. The molecule has 8 nitrogen and oxygen atoms in total. The number of anilines is 3. The van der Waals surface area contributed by atoms with Gasteiger partial charge in [-0.05, 0) is 49.9 Å². The maximum Gasteiger partial charge on any atom is 0.329 e. The Kier molecular flexibility index (Phi) is 4.11. The van der Waals surface area contributed by atoms with Crippen LogP contribution in [0, 0.1) is 0 Å². The first-order chi connectivity index (χ1) is 13.7. The van der Waals surface area contributed by atoms with Crippen molar-refractivity contribution in [1.29, 1.82) is 0 Å². The predicted octanol–water partition coefficient (Wildman–Crippen LogP) is 2.39. The Hall–Kier alpha value is -3.16. The van der Waals surface area contributed by atoms with E-state index in [0.29, 0.717) is 17.3 Å². The lowest BCUT2D eigenvalue weighted by Gasteiger charge is -2.35. The molecule has 0 spiro atoms. The molecule has 1 saturated carbocycles. The van der Waals surface area contributed by atoms with Crippen LogP contribution in [0.25, 0.3) is 0 Å². The maximum atomic E-state index is 13.0. The third-order valence-electron chi connectivity index (χ3n) is 5.74. The predicted molar refractivity (Wildman–Crippen MR) is 106 cm³/mol. The molecule has 2 N–H and O–H groups in total. The van der Waals surface area contributed by atoms with Gasteiger partial charge < -0.3 is 10.2 Å². The van der Waals surface area contributed by atoms with Gasteiger partial charge in [0.1, 0.15) is 11.5 Å². The van der Waals surface area contributed by atoms with Gasteiger partial charge in [0.15, 0.2) is 5.82 Å². The van der Waals surface area contributed by atoms with Crippen molar-refractivity contribution >= 4 is 29.3 Å². The summed E-state index contributed by atoms with van der Waals surface area (Å²) in [6.07, 6.45) is 5.70. The first-order valence-corrected chi connectivity index (χ1v) is 9.77. The fraction of sp³-hybridized carbons (Fsp3) is 0.400. The standard InChI is InChI=1S/C20H22N6O2/c27-19(22-13-4-3-5-13)15-7-8-16-18(23-15)26(14-9-11-25(16)12-14)20(28)24-17-6-1-2-10-21-17/h1-2,6-8,10,13-14H,3-5,9,11-12H2,(H,22,27)(H,21,24,28)/t14-/m0/s1. The third-order valence-corrected chi connectivity index (χ3v) is 5.74. The summed E-state index contributed by atoms with van der Waals surface area (Å²) in [5.74, 6) is 0.863. The number of rotatable bonds is 3. The average Bonchev–Trinajstić information content (AvgIpc) is 3.09. The molecule has 2 aromatic heterocycles. The second-order valence-corrected chi connectivity index (χ2v) is 7.54. The summed E-state index contributed by atoms with van der Waals surface area (Å²) in [4.78, 5) is 38.3. The van der Waals surface area contributed by atoms with Crippen LogP contribution in [0.2, 0.25) is 0 Å². The van der Waals surface area contributed by atoms with Crippen molar-refractivity contribution in [3.8, 4) is 0 Å². The number of hydrogen-bond acceptors (Lipinski definition) is 5. The molecule has 4 heterocycles. The molecule has 1 atom stereocenters. The molecule has 2 bridgehead atoms. The highest BCUT2D eigenvalue weighted by atomic mass is 16.2. The second kappa shape index (κ2) is 6.78. The van der Waals surface area contributed by atoms with Crippen LogP contribution in [-0.4, -0.2) is 47.1 Å². The Labute approximate surface area is 163 Å². The van der Waals surface area contributed by atoms with Crippen LogP contribution in [0.5, 0.6) is 0 Å². The Morgan fingerprint density at radius 2 is 2.00 bits per heavy atom. The van der Waals surface area contributed by atoms with E-state index in [1.165, 1.54) is 0 Å². The number of aromatic nitrogens is 2. The van der Waals surface area contributed by atoms with Gasteiger partial charge in [-0.1, -0.05) is 6.07 Å². The van der Waals surface area contributed by atoms with E-state index in [2.05, 4.69) is 25.5 Å². The van der Waals surface area contributed by atoms with E-state index in [1.807, 2.05) is 12.1 Å². The Balaban J connectivity index is 1.45.